The Hall–Kier alpha value is -3.22. The first-order valence-corrected chi connectivity index (χ1v) is 11.1. The van der Waals surface area contributed by atoms with Crippen LogP contribution in [0, 0.1) is 19.3 Å². The molecule has 33 heavy (non-hydrogen) atoms. The van der Waals surface area contributed by atoms with E-state index in [2.05, 4.69) is 32.0 Å². The van der Waals surface area contributed by atoms with Crippen LogP contribution < -0.4 is 10.5 Å². The zero-order valence-corrected chi connectivity index (χ0v) is 20.5. The predicted molar refractivity (Wildman–Crippen MR) is 128 cm³/mol. The Bertz CT molecular complexity index is 981. The molecule has 7 heteroatoms. The number of primary amides is 1. The highest BCUT2D eigenvalue weighted by atomic mass is 16.6. The molecule has 2 amide bonds. The number of aromatic hydroxyl groups is 1. The molecule has 0 heterocycles. The quantitative estimate of drug-likeness (QED) is 0.415. The summed E-state index contributed by atoms with van der Waals surface area (Å²) in [6.07, 6.45) is 1.10. The van der Waals surface area contributed by atoms with Crippen LogP contribution in [0.1, 0.15) is 55.9 Å². The standard InChI is InChI=1S/C26H36N2O5/c1-17-10-11-19(14-18(17)2)8-7-9-23(33-24(30)26(3,4)5)28(25(27)31)16-20-12-13-21(29)22(15-20)32-6/h10-15,23,29H,7-9,16H2,1-6H3,(H2,27,31). The molecule has 1 atom stereocenters. The highest BCUT2D eigenvalue weighted by Gasteiger charge is 2.31. The molecule has 0 fully saturated rings. The molecule has 2 rings (SSSR count). The minimum absolute atomic E-state index is 0.00373. The molecule has 0 spiro atoms. The van der Waals surface area contributed by atoms with Gasteiger partial charge in [-0.3, -0.25) is 9.69 Å². The van der Waals surface area contributed by atoms with E-state index >= 15 is 0 Å². The number of nitrogens with zero attached hydrogens (tertiary/aromatic N) is 1. The Morgan fingerprint density at radius 2 is 1.73 bits per heavy atom. The molecule has 180 valence electrons. The Morgan fingerprint density at radius 3 is 2.30 bits per heavy atom. The van der Waals surface area contributed by atoms with E-state index in [-0.39, 0.29) is 18.0 Å². The van der Waals surface area contributed by atoms with Gasteiger partial charge in [0.15, 0.2) is 17.7 Å². The van der Waals surface area contributed by atoms with E-state index in [0.29, 0.717) is 18.4 Å². The fourth-order valence-corrected chi connectivity index (χ4v) is 3.36. The van der Waals surface area contributed by atoms with Gasteiger partial charge in [-0.2, -0.15) is 0 Å². The first-order valence-electron chi connectivity index (χ1n) is 11.1. The largest absolute Gasteiger partial charge is 0.504 e. The number of hydrogen-bond acceptors (Lipinski definition) is 5. The molecule has 1 unspecified atom stereocenters. The zero-order chi connectivity index (χ0) is 24.8. The van der Waals surface area contributed by atoms with Gasteiger partial charge in [0.1, 0.15) is 0 Å². The van der Waals surface area contributed by atoms with Crippen molar-refractivity contribution in [3.8, 4) is 11.5 Å². The molecule has 0 aromatic heterocycles. The second kappa shape index (κ2) is 11.1. The average Bonchev–Trinajstić information content (AvgIpc) is 2.74. The van der Waals surface area contributed by atoms with E-state index in [1.807, 2.05) is 0 Å². The summed E-state index contributed by atoms with van der Waals surface area (Å²) in [5.41, 5.74) is 9.32. The molecular formula is C26H36N2O5. The highest BCUT2D eigenvalue weighted by Crippen LogP contribution is 2.28. The van der Waals surface area contributed by atoms with Gasteiger partial charge in [-0.25, -0.2) is 4.79 Å². The molecule has 3 N–H and O–H groups in total. The maximum absolute atomic E-state index is 12.7. The number of rotatable bonds is 9. The average molecular weight is 457 g/mol. The monoisotopic (exact) mass is 456 g/mol. The van der Waals surface area contributed by atoms with Crippen LogP contribution in [-0.4, -0.2) is 35.3 Å². The van der Waals surface area contributed by atoms with Crippen molar-refractivity contribution in [3.05, 3.63) is 58.7 Å². The minimum atomic E-state index is -0.819. The first kappa shape index (κ1) is 26.0. The number of methoxy groups -OCH3 is 1. The number of carbonyl (C=O) groups excluding carboxylic acids is 2. The molecule has 0 aliphatic carbocycles. The van der Waals surface area contributed by atoms with Crippen molar-refractivity contribution in [3.63, 3.8) is 0 Å². The Balaban J connectivity index is 2.23. The number of urea groups is 1. The van der Waals surface area contributed by atoms with Gasteiger partial charge in [0, 0.05) is 6.42 Å². The fraction of sp³-hybridized carbons (Fsp3) is 0.462. The Kier molecular flexibility index (Phi) is 8.74. The summed E-state index contributed by atoms with van der Waals surface area (Å²) >= 11 is 0. The number of carbonyl (C=O) groups is 2. The van der Waals surface area contributed by atoms with Crippen molar-refractivity contribution in [1.29, 1.82) is 0 Å². The summed E-state index contributed by atoms with van der Waals surface area (Å²) in [5, 5.41) is 9.86. The molecule has 2 aromatic rings. The van der Waals surface area contributed by atoms with Gasteiger partial charge < -0.3 is 20.3 Å². The van der Waals surface area contributed by atoms with E-state index in [9.17, 15) is 14.7 Å². The van der Waals surface area contributed by atoms with E-state index in [1.165, 1.54) is 34.8 Å². The summed E-state index contributed by atoms with van der Waals surface area (Å²) in [6.45, 7) is 9.55. The van der Waals surface area contributed by atoms with Crippen molar-refractivity contribution in [2.45, 2.75) is 66.7 Å². The summed E-state index contributed by atoms with van der Waals surface area (Å²) in [6, 6.07) is 10.4. The van der Waals surface area contributed by atoms with Gasteiger partial charge in [0.05, 0.1) is 19.1 Å². The second-order valence-electron chi connectivity index (χ2n) is 9.39. The molecule has 0 saturated carbocycles. The van der Waals surface area contributed by atoms with Crippen LogP contribution >= 0.6 is 0 Å². The number of esters is 1. The van der Waals surface area contributed by atoms with Crippen LogP contribution in [-0.2, 0) is 22.5 Å². The molecule has 0 radical (unpaired) electrons. The number of phenols is 1. The van der Waals surface area contributed by atoms with E-state index in [1.54, 1.807) is 32.9 Å². The Labute approximate surface area is 196 Å². The smallest absolute Gasteiger partial charge is 0.317 e. The number of benzene rings is 2. The van der Waals surface area contributed by atoms with Crippen LogP contribution in [0.2, 0.25) is 0 Å². The number of aryl methyl sites for hydroxylation is 3. The van der Waals surface area contributed by atoms with Crippen LogP contribution in [0.5, 0.6) is 11.5 Å². The van der Waals surface area contributed by atoms with E-state index in [4.69, 9.17) is 15.2 Å². The highest BCUT2D eigenvalue weighted by molar-refractivity contribution is 5.76. The van der Waals surface area contributed by atoms with Crippen molar-refractivity contribution in [1.82, 2.24) is 4.90 Å². The number of phenolic OH excluding ortho intramolecular Hbond substituents is 1. The van der Waals surface area contributed by atoms with E-state index in [0.717, 1.165) is 6.42 Å². The first-order chi connectivity index (χ1) is 15.4. The molecule has 7 nitrogen and oxygen atoms in total. The third kappa shape index (κ3) is 7.41. The summed E-state index contributed by atoms with van der Waals surface area (Å²) in [5.74, 6) is -0.126. The number of amides is 2. The lowest BCUT2D eigenvalue weighted by Crippen LogP contribution is -2.46. The van der Waals surface area contributed by atoms with Crippen molar-refractivity contribution in [2.24, 2.45) is 11.1 Å². The SMILES string of the molecule is COc1cc(CN(C(N)=O)C(CCCc2ccc(C)c(C)c2)OC(=O)C(C)(C)C)ccc1O. The Morgan fingerprint density at radius 1 is 1.06 bits per heavy atom. The molecule has 0 aliphatic heterocycles. The molecule has 2 aromatic carbocycles. The van der Waals surface area contributed by atoms with Crippen LogP contribution in [0.3, 0.4) is 0 Å². The molecule has 0 saturated heterocycles. The van der Waals surface area contributed by atoms with Crippen molar-refractivity contribution in [2.75, 3.05) is 7.11 Å². The van der Waals surface area contributed by atoms with Crippen molar-refractivity contribution < 1.29 is 24.2 Å². The molecule has 0 aliphatic rings. The predicted octanol–water partition coefficient (Wildman–Crippen LogP) is 4.84. The molecular weight excluding hydrogens is 420 g/mol. The van der Waals surface area contributed by atoms with Crippen LogP contribution in [0.25, 0.3) is 0 Å². The fourth-order valence-electron chi connectivity index (χ4n) is 3.36. The second-order valence-corrected chi connectivity index (χ2v) is 9.39. The van der Waals surface area contributed by atoms with Gasteiger partial charge in [0.25, 0.3) is 0 Å². The number of hydrogen-bond donors (Lipinski definition) is 2. The third-order valence-corrected chi connectivity index (χ3v) is 5.57. The summed E-state index contributed by atoms with van der Waals surface area (Å²) < 4.78 is 10.9. The maximum Gasteiger partial charge on any atom is 0.317 e. The summed E-state index contributed by atoms with van der Waals surface area (Å²) in [7, 11) is 1.45. The van der Waals surface area contributed by atoms with E-state index < -0.39 is 23.6 Å². The van der Waals surface area contributed by atoms with Gasteiger partial charge in [0.2, 0.25) is 0 Å². The minimum Gasteiger partial charge on any atom is -0.504 e. The van der Waals surface area contributed by atoms with Crippen molar-refractivity contribution >= 4 is 12.0 Å². The normalized spacial score (nSPS) is 12.2. The van der Waals surface area contributed by atoms with Crippen LogP contribution in [0.15, 0.2) is 36.4 Å². The van der Waals surface area contributed by atoms with Crippen LogP contribution in [0.4, 0.5) is 4.79 Å². The maximum atomic E-state index is 12.7. The van der Waals surface area contributed by atoms with Gasteiger partial charge in [-0.15, -0.1) is 0 Å². The number of nitrogens with two attached hydrogens (primary N) is 1. The zero-order valence-electron chi connectivity index (χ0n) is 20.5. The van der Waals surface area contributed by atoms with Gasteiger partial charge >= 0.3 is 12.0 Å². The lowest BCUT2D eigenvalue weighted by molar-refractivity contribution is -0.167. The lowest BCUT2D eigenvalue weighted by atomic mass is 9.97. The summed E-state index contributed by atoms with van der Waals surface area (Å²) in [4.78, 5) is 26.4. The molecule has 0 bridgehead atoms. The van der Waals surface area contributed by atoms with Gasteiger partial charge in [-0.1, -0.05) is 24.3 Å². The van der Waals surface area contributed by atoms with Gasteiger partial charge in [-0.05, 0) is 81.8 Å². The number of ether oxygens (including phenoxy) is 2. The third-order valence-electron chi connectivity index (χ3n) is 5.57. The topological polar surface area (TPSA) is 102 Å². The lowest BCUT2D eigenvalue weighted by Gasteiger charge is -2.32.